The summed E-state index contributed by atoms with van der Waals surface area (Å²) < 4.78 is 5.16. The van der Waals surface area contributed by atoms with E-state index in [0.717, 1.165) is 24.6 Å². The van der Waals surface area contributed by atoms with E-state index in [1.807, 2.05) is 23.9 Å². The minimum absolute atomic E-state index is 0.228. The van der Waals surface area contributed by atoms with Gasteiger partial charge in [0.05, 0.1) is 18.8 Å². The van der Waals surface area contributed by atoms with Crippen LogP contribution in [0.2, 0.25) is 0 Å². The van der Waals surface area contributed by atoms with Crippen molar-refractivity contribution in [3.05, 3.63) is 23.8 Å². The van der Waals surface area contributed by atoms with Crippen LogP contribution in [0.1, 0.15) is 11.6 Å². The molecule has 2 N–H and O–H groups in total. The number of nitrogens with two attached hydrogens (primary N) is 1. The van der Waals surface area contributed by atoms with E-state index in [2.05, 4.69) is 11.0 Å². The van der Waals surface area contributed by atoms with Gasteiger partial charge in [0.1, 0.15) is 5.75 Å². The summed E-state index contributed by atoms with van der Waals surface area (Å²) in [6, 6.07) is 6.17. The maximum Gasteiger partial charge on any atom is 0.160 e. The summed E-state index contributed by atoms with van der Waals surface area (Å²) in [6.45, 7) is 2.10. The third-order valence-electron chi connectivity index (χ3n) is 3.16. The fraction of sp³-hybridized carbons (Fsp3) is 0.417. The lowest BCUT2D eigenvalue weighted by molar-refractivity contribution is 0.416. The zero-order valence-corrected chi connectivity index (χ0v) is 10.5. The summed E-state index contributed by atoms with van der Waals surface area (Å²) in [5, 5.41) is 1.18. The average Bonchev–Trinajstić information content (AvgIpc) is 2.88. The standard InChI is InChI=1S/C12H15N3OS/c1-16-11-3-2-8(6-9(11)13)10-7-15-4-5-17-12(15)14-10/h2-3,6,10H,4-5,7,13H2,1H3. The van der Waals surface area contributed by atoms with Crippen LogP contribution in [0.5, 0.6) is 5.75 Å². The number of ether oxygens (including phenoxy) is 1. The first-order valence-electron chi connectivity index (χ1n) is 5.67. The van der Waals surface area contributed by atoms with Gasteiger partial charge in [-0.2, -0.15) is 0 Å². The number of benzene rings is 1. The van der Waals surface area contributed by atoms with Crippen molar-refractivity contribution in [3.8, 4) is 5.75 Å². The van der Waals surface area contributed by atoms with Gasteiger partial charge in [0.2, 0.25) is 0 Å². The normalized spacial score (nSPS) is 22.5. The Bertz CT molecular complexity index is 475. The van der Waals surface area contributed by atoms with Crippen molar-refractivity contribution in [2.75, 3.05) is 31.7 Å². The Morgan fingerprint density at radius 2 is 2.41 bits per heavy atom. The second-order valence-corrected chi connectivity index (χ2v) is 5.29. The molecule has 1 atom stereocenters. The molecule has 0 aliphatic carbocycles. The Morgan fingerprint density at radius 3 is 3.12 bits per heavy atom. The summed E-state index contributed by atoms with van der Waals surface area (Å²) >= 11 is 1.84. The number of amidine groups is 1. The lowest BCUT2D eigenvalue weighted by atomic mass is 10.1. The molecular weight excluding hydrogens is 234 g/mol. The second-order valence-electron chi connectivity index (χ2n) is 4.22. The van der Waals surface area contributed by atoms with Crippen molar-refractivity contribution in [1.29, 1.82) is 0 Å². The molecule has 2 aliphatic heterocycles. The Morgan fingerprint density at radius 1 is 1.53 bits per heavy atom. The Balaban J connectivity index is 1.86. The highest BCUT2D eigenvalue weighted by Crippen LogP contribution is 2.34. The molecule has 4 nitrogen and oxygen atoms in total. The highest BCUT2D eigenvalue weighted by molar-refractivity contribution is 8.14. The predicted molar refractivity (Wildman–Crippen MR) is 71.6 cm³/mol. The molecule has 0 amide bonds. The van der Waals surface area contributed by atoms with Crippen molar-refractivity contribution in [3.63, 3.8) is 0 Å². The minimum Gasteiger partial charge on any atom is -0.495 e. The Hall–Kier alpha value is -1.36. The van der Waals surface area contributed by atoms with E-state index in [1.54, 1.807) is 7.11 Å². The smallest absolute Gasteiger partial charge is 0.160 e. The highest BCUT2D eigenvalue weighted by atomic mass is 32.2. The number of methoxy groups -OCH3 is 1. The summed E-state index contributed by atoms with van der Waals surface area (Å²) in [4.78, 5) is 7.07. The summed E-state index contributed by atoms with van der Waals surface area (Å²) in [7, 11) is 1.63. The van der Waals surface area contributed by atoms with Crippen molar-refractivity contribution >= 4 is 22.6 Å². The van der Waals surface area contributed by atoms with Crippen molar-refractivity contribution < 1.29 is 4.74 Å². The zero-order valence-electron chi connectivity index (χ0n) is 9.72. The van der Waals surface area contributed by atoms with Crippen LogP contribution >= 0.6 is 11.8 Å². The number of hydrogen-bond donors (Lipinski definition) is 1. The second kappa shape index (κ2) is 4.14. The lowest BCUT2D eigenvalue weighted by Crippen LogP contribution is -2.21. The van der Waals surface area contributed by atoms with Gasteiger partial charge in [0.15, 0.2) is 5.17 Å². The van der Waals surface area contributed by atoms with Crippen LogP contribution in [-0.2, 0) is 0 Å². The van der Waals surface area contributed by atoms with Crippen LogP contribution in [0.15, 0.2) is 23.2 Å². The quantitative estimate of drug-likeness (QED) is 0.811. The number of thioether (sulfide) groups is 1. The van der Waals surface area contributed by atoms with E-state index in [1.165, 1.54) is 10.7 Å². The number of hydrogen-bond acceptors (Lipinski definition) is 5. The molecule has 1 fully saturated rings. The molecule has 3 rings (SSSR count). The average molecular weight is 249 g/mol. The summed E-state index contributed by atoms with van der Waals surface area (Å²) in [5.41, 5.74) is 7.78. The molecule has 0 bridgehead atoms. The number of aliphatic imine (C=N–C) groups is 1. The van der Waals surface area contributed by atoms with Crippen LogP contribution in [0, 0.1) is 0 Å². The van der Waals surface area contributed by atoms with Crippen LogP contribution in [0.4, 0.5) is 5.69 Å². The van der Waals surface area contributed by atoms with Gasteiger partial charge in [-0.15, -0.1) is 0 Å². The number of nitrogen functional groups attached to an aromatic ring is 1. The van der Waals surface area contributed by atoms with Gasteiger partial charge in [0, 0.05) is 18.8 Å². The van der Waals surface area contributed by atoms with Crippen molar-refractivity contribution in [2.45, 2.75) is 6.04 Å². The zero-order chi connectivity index (χ0) is 11.8. The first kappa shape index (κ1) is 10.8. The molecule has 5 heteroatoms. The first-order chi connectivity index (χ1) is 8.28. The fourth-order valence-corrected chi connectivity index (χ4v) is 3.29. The molecular formula is C12H15N3OS. The van der Waals surface area contributed by atoms with Crippen LogP contribution < -0.4 is 10.5 Å². The van der Waals surface area contributed by atoms with Gasteiger partial charge in [-0.1, -0.05) is 17.8 Å². The number of fused-ring (bicyclic) bond motifs is 1. The Kier molecular flexibility index (Phi) is 2.63. The van der Waals surface area contributed by atoms with Crippen LogP contribution in [0.3, 0.4) is 0 Å². The molecule has 1 aromatic carbocycles. The van der Waals surface area contributed by atoms with E-state index in [9.17, 15) is 0 Å². The lowest BCUT2D eigenvalue weighted by Gasteiger charge is -2.14. The maximum atomic E-state index is 5.92. The SMILES string of the molecule is COc1ccc(C2CN3CCSC3=N2)cc1N. The molecule has 1 aromatic rings. The summed E-state index contributed by atoms with van der Waals surface area (Å²) in [5.74, 6) is 1.89. The molecule has 0 radical (unpaired) electrons. The largest absolute Gasteiger partial charge is 0.495 e. The van der Waals surface area contributed by atoms with Gasteiger partial charge in [-0.3, -0.25) is 4.99 Å². The third kappa shape index (κ3) is 1.84. The van der Waals surface area contributed by atoms with E-state index < -0.39 is 0 Å². The molecule has 2 aliphatic rings. The molecule has 0 saturated carbocycles. The van der Waals surface area contributed by atoms with Gasteiger partial charge in [0.25, 0.3) is 0 Å². The van der Waals surface area contributed by atoms with E-state index >= 15 is 0 Å². The predicted octanol–water partition coefficient (Wildman–Crippen LogP) is 1.74. The van der Waals surface area contributed by atoms with Crippen molar-refractivity contribution in [2.24, 2.45) is 4.99 Å². The third-order valence-corrected chi connectivity index (χ3v) is 4.17. The first-order valence-corrected chi connectivity index (χ1v) is 6.65. The molecule has 0 aromatic heterocycles. The molecule has 1 saturated heterocycles. The van der Waals surface area contributed by atoms with Crippen LogP contribution in [0.25, 0.3) is 0 Å². The maximum absolute atomic E-state index is 5.92. The highest BCUT2D eigenvalue weighted by Gasteiger charge is 2.30. The van der Waals surface area contributed by atoms with E-state index in [0.29, 0.717) is 5.69 Å². The molecule has 17 heavy (non-hydrogen) atoms. The van der Waals surface area contributed by atoms with Gasteiger partial charge >= 0.3 is 0 Å². The monoisotopic (exact) mass is 249 g/mol. The number of anilines is 1. The van der Waals surface area contributed by atoms with E-state index in [4.69, 9.17) is 15.5 Å². The summed E-state index contributed by atoms with van der Waals surface area (Å²) in [6.07, 6.45) is 0. The Labute approximate surface area is 105 Å². The minimum atomic E-state index is 0.228. The topological polar surface area (TPSA) is 50.8 Å². The van der Waals surface area contributed by atoms with E-state index in [-0.39, 0.29) is 6.04 Å². The van der Waals surface area contributed by atoms with Crippen molar-refractivity contribution in [1.82, 2.24) is 4.90 Å². The molecule has 1 unspecified atom stereocenters. The fourth-order valence-electron chi connectivity index (χ4n) is 2.25. The molecule has 0 spiro atoms. The van der Waals surface area contributed by atoms with Gasteiger partial charge < -0.3 is 15.4 Å². The van der Waals surface area contributed by atoms with Crippen LogP contribution in [-0.4, -0.2) is 36.0 Å². The molecule has 90 valence electrons. The number of rotatable bonds is 2. The molecule has 2 heterocycles. The number of nitrogens with zero attached hydrogens (tertiary/aromatic N) is 2. The van der Waals surface area contributed by atoms with Gasteiger partial charge in [-0.25, -0.2) is 0 Å². The van der Waals surface area contributed by atoms with Gasteiger partial charge in [-0.05, 0) is 17.7 Å².